The highest BCUT2D eigenvalue weighted by molar-refractivity contribution is 9.10. The maximum atomic E-state index is 6.01. The highest BCUT2D eigenvalue weighted by atomic mass is 79.9. The second-order valence-corrected chi connectivity index (χ2v) is 7.31. The molecule has 4 aromatic rings. The minimum atomic E-state index is 0.703. The summed E-state index contributed by atoms with van der Waals surface area (Å²) in [5.74, 6) is 0.756. The molecule has 0 saturated heterocycles. The van der Waals surface area contributed by atoms with Gasteiger partial charge < -0.3 is 0 Å². The molecule has 0 N–H and O–H groups in total. The molecule has 3 nitrogen and oxygen atoms in total. The Morgan fingerprint density at radius 3 is 2.41 bits per heavy atom. The Kier molecular flexibility index (Phi) is 5.19. The number of aromatic nitrogens is 2. The van der Waals surface area contributed by atoms with E-state index in [1.54, 1.807) is 0 Å². The monoisotopic (exact) mass is 435 g/mol. The second kappa shape index (κ2) is 7.91. The standard InChI is InChI=1S/C22H15BrClN3/c23-18-6-4-5-16(13-18)15-25-22-14-21(17-9-11-19(24)12-10-17)26-27(22)20-7-2-1-3-8-20/h1-15H/b25-15+. The van der Waals surface area contributed by atoms with Gasteiger partial charge in [0.2, 0.25) is 0 Å². The molecule has 0 aliphatic heterocycles. The molecule has 0 radical (unpaired) electrons. The van der Waals surface area contributed by atoms with Crippen molar-refractivity contribution in [1.29, 1.82) is 0 Å². The van der Waals surface area contributed by atoms with Gasteiger partial charge in [0.05, 0.1) is 11.4 Å². The number of halogens is 2. The molecule has 132 valence electrons. The van der Waals surface area contributed by atoms with Crippen molar-refractivity contribution >= 4 is 39.6 Å². The Labute approximate surface area is 171 Å². The molecule has 0 aliphatic carbocycles. The Morgan fingerprint density at radius 2 is 1.67 bits per heavy atom. The van der Waals surface area contributed by atoms with E-state index in [0.29, 0.717) is 5.02 Å². The average Bonchev–Trinajstić information content (AvgIpc) is 3.12. The quantitative estimate of drug-likeness (QED) is 0.327. The van der Waals surface area contributed by atoms with Gasteiger partial charge in [-0.25, -0.2) is 9.67 Å². The van der Waals surface area contributed by atoms with Crippen LogP contribution in [0.15, 0.2) is 94.4 Å². The topological polar surface area (TPSA) is 30.2 Å². The fraction of sp³-hybridized carbons (Fsp3) is 0. The molecule has 0 spiro atoms. The van der Waals surface area contributed by atoms with Gasteiger partial charge in [0.15, 0.2) is 5.82 Å². The van der Waals surface area contributed by atoms with E-state index in [-0.39, 0.29) is 0 Å². The smallest absolute Gasteiger partial charge is 0.156 e. The van der Waals surface area contributed by atoms with Crippen LogP contribution in [0.1, 0.15) is 5.56 Å². The van der Waals surface area contributed by atoms with Crippen LogP contribution < -0.4 is 0 Å². The molecular formula is C22H15BrClN3. The number of benzene rings is 3. The van der Waals surface area contributed by atoms with Crippen molar-refractivity contribution in [3.8, 4) is 16.9 Å². The van der Waals surface area contributed by atoms with E-state index >= 15 is 0 Å². The van der Waals surface area contributed by atoms with E-state index in [1.165, 1.54) is 0 Å². The van der Waals surface area contributed by atoms with Gasteiger partial charge in [0, 0.05) is 27.3 Å². The normalized spacial score (nSPS) is 11.2. The minimum Gasteiger partial charge on any atom is -0.236 e. The molecule has 0 saturated carbocycles. The molecule has 0 aliphatic rings. The molecule has 27 heavy (non-hydrogen) atoms. The third-order valence-corrected chi connectivity index (χ3v) is 4.77. The maximum Gasteiger partial charge on any atom is 0.156 e. The van der Waals surface area contributed by atoms with Crippen molar-refractivity contribution in [3.05, 3.63) is 100.0 Å². The van der Waals surface area contributed by atoms with Crippen LogP contribution in [-0.2, 0) is 0 Å². The summed E-state index contributed by atoms with van der Waals surface area (Å²) in [6.45, 7) is 0. The third kappa shape index (κ3) is 4.18. The lowest BCUT2D eigenvalue weighted by molar-refractivity contribution is 0.885. The number of para-hydroxylation sites is 1. The summed E-state index contributed by atoms with van der Waals surface area (Å²) >= 11 is 9.50. The molecule has 0 atom stereocenters. The van der Waals surface area contributed by atoms with Crippen LogP contribution in [-0.4, -0.2) is 16.0 Å². The second-order valence-electron chi connectivity index (χ2n) is 5.96. The maximum absolute atomic E-state index is 6.01. The van der Waals surface area contributed by atoms with E-state index in [2.05, 4.69) is 20.9 Å². The molecule has 3 aromatic carbocycles. The van der Waals surface area contributed by atoms with Crippen LogP contribution in [0.25, 0.3) is 16.9 Å². The lowest BCUT2D eigenvalue weighted by Gasteiger charge is -2.03. The van der Waals surface area contributed by atoms with E-state index < -0.39 is 0 Å². The average molecular weight is 437 g/mol. The Hall–Kier alpha value is -2.69. The zero-order valence-electron chi connectivity index (χ0n) is 14.3. The SMILES string of the molecule is Clc1ccc(-c2cc(/N=C/c3cccc(Br)c3)n(-c3ccccc3)n2)cc1. The molecule has 0 fully saturated rings. The predicted octanol–water partition coefficient (Wildman–Crippen LogP) is 6.71. The first-order valence-corrected chi connectivity index (χ1v) is 9.57. The van der Waals surface area contributed by atoms with E-state index in [9.17, 15) is 0 Å². The summed E-state index contributed by atoms with van der Waals surface area (Å²) < 4.78 is 2.86. The van der Waals surface area contributed by atoms with Crippen molar-refractivity contribution in [3.63, 3.8) is 0 Å². The van der Waals surface area contributed by atoms with Crippen molar-refractivity contribution in [2.75, 3.05) is 0 Å². The number of rotatable bonds is 4. The minimum absolute atomic E-state index is 0.703. The van der Waals surface area contributed by atoms with E-state index in [4.69, 9.17) is 16.7 Å². The predicted molar refractivity (Wildman–Crippen MR) is 115 cm³/mol. The number of nitrogens with zero attached hydrogens (tertiary/aromatic N) is 3. The summed E-state index contributed by atoms with van der Waals surface area (Å²) in [4.78, 5) is 4.69. The fourth-order valence-electron chi connectivity index (χ4n) is 2.71. The van der Waals surface area contributed by atoms with Crippen LogP contribution >= 0.6 is 27.5 Å². The van der Waals surface area contributed by atoms with Gasteiger partial charge in [0.25, 0.3) is 0 Å². The zero-order chi connectivity index (χ0) is 18.6. The summed E-state index contributed by atoms with van der Waals surface area (Å²) in [6, 6.07) is 27.6. The van der Waals surface area contributed by atoms with Gasteiger partial charge in [-0.2, -0.15) is 5.10 Å². The summed E-state index contributed by atoms with van der Waals surface area (Å²) in [5, 5.41) is 5.46. The van der Waals surface area contributed by atoms with Gasteiger partial charge in [-0.1, -0.05) is 70.0 Å². The first kappa shape index (κ1) is 17.7. The van der Waals surface area contributed by atoms with E-state index in [1.807, 2.05) is 95.8 Å². The van der Waals surface area contributed by atoms with Crippen LogP contribution in [0.2, 0.25) is 5.02 Å². The lowest BCUT2D eigenvalue weighted by atomic mass is 10.1. The highest BCUT2D eigenvalue weighted by Crippen LogP contribution is 2.27. The molecule has 1 heterocycles. The van der Waals surface area contributed by atoms with Crippen LogP contribution in [0.5, 0.6) is 0 Å². The molecule has 0 unspecified atom stereocenters. The summed E-state index contributed by atoms with van der Waals surface area (Å²) in [5.41, 5.74) is 3.81. The Morgan fingerprint density at radius 1 is 0.889 bits per heavy atom. The fourth-order valence-corrected chi connectivity index (χ4v) is 3.25. The van der Waals surface area contributed by atoms with Gasteiger partial charge in [-0.15, -0.1) is 0 Å². The largest absolute Gasteiger partial charge is 0.236 e. The molecule has 0 amide bonds. The van der Waals surface area contributed by atoms with Crippen LogP contribution in [0.3, 0.4) is 0 Å². The third-order valence-electron chi connectivity index (χ3n) is 4.03. The molecule has 0 bridgehead atoms. The number of hydrogen-bond donors (Lipinski definition) is 0. The Bertz CT molecular complexity index is 1090. The molecular weight excluding hydrogens is 422 g/mol. The number of hydrogen-bond acceptors (Lipinski definition) is 2. The van der Waals surface area contributed by atoms with Crippen LogP contribution in [0, 0.1) is 0 Å². The van der Waals surface area contributed by atoms with Crippen molar-refractivity contribution in [1.82, 2.24) is 9.78 Å². The molecule has 1 aromatic heterocycles. The van der Waals surface area contributed by atoms with Gasteiger partial charge >= 0.3 is 0 Å². The summed E-state index contributed by atoms with van der Waals surface area (Å²) in [7, 11) is 0. The number of aliphatic imine (C=N–C) groups is 1. The van der Waals surface area contributed by atoms with Crippen molar-refractivity contribution < 1.29 is 0 Å². The van der Waals surface area contributed by atoms with Gasteiger partial charge in [0.1, 0.15) is 0 Å². The molecule has 5 heteroatoms. The molecule has 4 rings (SSSR count). The van der Waals surface area contributed by atoms with Gasteiger partial charge in [-0.05, 0) is 42.0 Å². The van der Waals surface area contributed by atoms with Gasteiger partial charge in [-0.3, -0.25) is 0 Å². The lowest BCUT2D eigenvalue weighted by Crippen LogP contribution is -1.96. The summed E-state index contributed by atoms with van der Waals surface area (Å²) in [6.07, 6.45) is 1.84. The Balaban J connectivity index is 1.77. The van der Waals surface area contributed by atoms with E-state index in [0.717, 1.165) is 32.8 Å². The first-order chi connectivity index (χ1) is 13.2. The zero-order valence-corrected chi connectivity index (χ0v) is 16.6. The van der Waals surface area contributed by atoms with Crippen LogP contribution in [0.4, 0.5) is 5.82 Å². The first-order valence-electron chi connectivity index (χ1n) is 8.40. The van der Waals surface area contributed by atoms with Crippen molar-refractivity contribution in [2.24, 2.45) is 4.99 Å². The highest BCUT2D eigenvalue weighted by Gasteiger charge is 2.10. The van der Waals surface area contributed by atoms with Crippen molar-refractivity contribution in [2.45, 2.75) is 0 Å².